The van der Waals surface area contributed by atoms with Crippen LogP contribution >= 0.6 is 11.3 Å². The molecular formula is C14H16N6OS. The molecule has 3 aromatic rings. The van der Waals surface area contributed by atoms with E-state index >= 15 is 0 Å². The van der Waals surface area contributed by atoms with Crippen LogP contribution in [-0.4, -0.2) is 26.4 Å². The molecular weight excluding hydrogens is 300 g/mol. The van der Waals surface area contributed by atoms with Crippen molar-refractivity contribution < 1.29 is 0 Å². The first-order chi connectivity index (χ1) is 10.6. The van der Waals surface area contributed by atoms with E-state index in [0.717, 1.165) is 16.1 Å². The largest absolute Gasteiger partial charge is 0.398 e. The SMILES string of the molecule is Cc1ccc(Cc2nnc3sc(CCN)nn3c2=O)c(N)c1. The highest BCUT2D eigenvalue weighted by Crippen LogP contribution is 2.16. The topological polar surface area (TPSA) is 112 Å². The third kappa shape index (κ3) is 2.70. The zero-order valence-electron chi connectivity index (χ0n) is 12.1. The normalized spacial score (nSPS) is 11.2. The average Bonchev–Trinajstić information content (AvgIpc) is 2.88. The number of nitrogens with zero attached hydrogens (tertiary/aromatic N) is 4. The third-order valence-corrected chi connectivity index (χ3v) is 4.27. The number of hydrogen-bond donors (Lipinski definition) is 2. The fraction of sp³-hybridized carbons (Fsp3) is 0.286. The Bertz CT molecular complexity index is 885. The van der Waals surface area contributed by atoms with Crippen molar-refractivity contribution in [2.75, 3.05) is 12.3 Å². The molecule has 0 aliphatic heterocycles. The van der Waals surface area contributed by atoms with Gasteiger partial charge >= 0.3 is 0 Å². The van der Waals surface area contributed by atoms with Gasteiger partial charge in [0.05, 0.1) is 0 Å². The van der Waals surface area contributed by atoms with Crippen molar-refractivity contribution in [3.63, 3.8) is 0 Å². The number of nitrogens with two attached hydrogens (primary N) is 2. The number of aryl methyl sites for hydroxylation is 1. The summed E-state index contributed by atoms with van der Waals surface area (Å²) in [6, 6.07) is 5.74. The van der Waals surface area contributed by atoms with E-state index in [0.29, 0.717) is 35.7 Å². The lowest BCUT2D eigenvalue weighted by Crippen LogP contribution is -2.22. The van der Waals surface area contributed by atoms with Gasteiger partial charge in [0.25, 0.3) is 5.56 Å². The first-order valence-corrected chi connectivity index (χ1v) is 7.69. The second kappa shape index (κ2) is 5.82. The molecule has 0 aliphatic carbocycles. The van der Waals surface area contributed by atoms with E-state index in [9.17, 15) is 4.79 Å². The van der Waals surface area contributed by atoms with Crippen LogP contribution in [0.5, 0.6) is 0 Å². The van der Waals surface area contributed by atoms with E-state index in [2.05, 4.69) is 15.3 Å². The van der Waals surface area contributed by atoms with Crippen molar-refractivity contribution in [2.24, 2.45) is 5.73 Å². The Hall–Kier alpha value is -2.32. The van der Waals surface area contributed by atoms with E-state index in [1.165, 1.54) is 15.9 Å². The first-order valence-electron chi connectivity index (χ1n) is 6.88. The standard InChI is InChI=1S/C14H16N6OS/c1-8-2-3-9(10(16)6-8)7-11-13(21)20-14(18-17-11)22-12(19-20)4-5-15/h2-3,6H,4-5,7,15-16H2,1H3. The molecule has 0 bridgehead atoms. The third-order valence-electron chi connectivity index (χ3n) is 3.31. The van der Waals surface area contributed by atoms with Crippen LogP contribution in [0.3, 0.4) is 0 Å². The lowest BCUT2D eigenvalue weighted by Gasteiger charge is -2.05. The Kier molecular flexibility index (Phi) is 3.86. The van der Waals surface area contributed by atoms with Gasteiger partial charge in [0, 0.05) is 18.5 Å². The Morgan fingerprint density at radius 3 is 2.86 bits per heavy atom. The summed E-state index contributed by atoms with van der Waals surface area (Å²) in [5, 5.41) is 13.1. The van der Waals surface area contributed by atoms with Gasteiger partial charge < -0.3 is 11.5 Å². The van der Waals surface area contributed by atoms with E-state index in [1.54, 1.807) is 0 Å². The summed E-state index contributed by atoms with van der Waals surface area (Å²) in [5.74, 6) is 0. The number of hydrogen-bond acceptors (Lipinski definition) is 7. The summed E-state index contributed by atoms with van der Waals surface area (Å²) >= 11 is 1.33. The molecule has 0 saturated carbocycles. The van der Waals surface area contributed by atoms with Crippen molar-refractivity contribution in [3.05, 3.63) is 50.4 Å². The van der Waals surface area contributed by atoms with Gasteiger partial charge in [-0.1, -0.05) is 23.5 Å². The van der Waals surface area contributed by atoms with Crippen LogP contribution < -0.4 is 17.0 Å². The number of nitrogen functional groups attached to an aromatic ring is 1. The summed E-state index contributed by atoms with van der Waals surface area (Å²) in [6.07, 6.45) is 0.957. The minimum absolute atomic E-state index is 0.260. The summed E-state index contributed by atoms with van der Waals surface area (Å²) in [7, 11) is 0. The summed E-state index contributed by atoms with van der Waals surface area (Å²) < 4.78 is 1.29. The van der Waals surface area contributed by atoms with Crippen LogP contribution in [-0.2, 0) is 12.8 Å². The van der Waals surface area contributed by atoms with E-state index in [-0.39, 0.29) is 5.56 Å². The van der Waals surface area contributed by atoms with Crippen molar-refractivity contribution in [2.45, 2.75) is 19.8 Å². The van der Waals surface area contributed by atoms with Gasteiger partial charge in [-0.25, -0.2) is 0 Å². The first kappa shape index (κ1) is 14.6. The smallest absolute Gasteiger partial charge is 0.297 e. The highest BCUT2D eigenvalue weighted by molar-refractivity contribution is 7.16. The van der Waals surface area contributed by atoms with Gasteiger partial charge in [0.15, 0.2) is 0 Å². The molecule has 4 N–H and O–H groups in total. The molecule has 2 aromatic heterocycles. The lowest BCUT2D eigenvalue weighted by molar-refractivity contribution is 0.785. The Balaban J connectivity index is 2.00. The molecule has 8 heteroatoms. The second-order valence-electron chi connectivity index (χ2n) is 5.06. The molecule has 0 aliphatic rings. The molecule has 0 radical (unpaired) electrons. The summed E-state index contributed by atoms with van der Waals surface area (Å²) in [4.78, 5) is 12.9. The number of anilines is 1. The molecule has 0 amide bonds. The molecule has 1 aromatic carbocycles. The van der Waals surface area contributed by atoms with Gasteiger partial charge in [-0.05, 0) is 30.7 Å². The van der Waals surface area contributed by atoms with Gasteiger partial charge in [-0.2, -0.15) is 9.61 Å². The van der Waals surface area contributed by atoms with Crippen molar-refractivity contribution in [3.8, 4) is 0 Å². The van der Waals surface area contributed by atoms with Gasteiger partial charge in [0.1, 0.15) is 10.7 Å². The van der Waals surface area contributed by atoms with E-state index < -0.39 is 0 Å². The average molecular weight is 316 g/mol. The summed E-state index contributed by atoms with van der Waals surface area (Å²) in [6.45, 7) is 2.45. The molecule has 22 heavy (non-hydrogen) atoms. The maximum absolute atomic E-state index is 12.5. The monoisotopic (exact) mass is 316 g/mol. The molecule has 0 fully saturated rings. The van der Waals surface area contributed by atoms with Gasteiger partial charge in [-0.15, -0.1) is 10.2 Å². The molecule has 114 valence electrons. The van der Waals surface area contributed by atoms with Crippen LogP contribution in [0.25, 0.3) is 4.96 Å². The van der Waals surface area contributed by atoms with Crippen molar-refractivity contribution in [1.29, 1.82) is 0 Å². The number of fused-ring (bicyclic) bond motifs is 1. The predicted octanol–water partition coefficient (Wildman–Crippen LogP) is 0.529. The Morgan fingerprint density at radius 2 is 2.14 bits per heavy atom. The van der Waals surface area contributed by atoms with Crippen LogP contribution in [0.1, 0.15) is 21.8 Å². The quantitative estimate of drug-likeness (QED) is 0.679. The van der Waals surface area contributed by atoms with Crippen LogP contribution in [0, 0.1) is 6.92 Å². The minimum Gasteiger partial charge on any atom is -0.398 e. The van der Waals surface area contributed by atoms with Gasteiger partial charge in [-0.3, -0.25) is 4.79 Å². The van der Waals surface area contributed by atoms with Crippen molar-refractivity contribution >= 4 is 22.0 Å². The van der Waals surface area contributed by atoms with E-state index in [1.807, 2.05) is 25.1 Å². The van der Waals surface area contributed by atoms with Crippen LogP contribution in [0.15, 0.2) is 23.0 Å². The second-order valence-corrected chi connectivity index (χ2v) is 6.10. The molecule has 3 rings (SSSR count). The zero-order chi connectivity index (χ0) is 15.7. The maximum Gasteiger partial charge on any atom is 0.297 e. The number of rotatable bonds is 4. The number of aromatic nitrogens is 4. The molecule has 7 nitrogen and oxygen atoms in total. The van der Waals surface area contributed by atoms with E-state index in [4.69, 9.17) is 11.5 Å². The lowest BCUT2D eigenvalue weighted by atomic mass is 10.1. The highest BCUT2D eigenvalue weighted by Gasteiger charge is 2.13. The zero-order valence-corrected chi connectivity index (χ0v) is 12.9. The molecule has 0 unspecified atom stereocenters. The summed E-state index contributed by atoms with van der Waals surface area (Å²) in [5.41, 5.74) is 14.2. The number of benzene rings is 1. The predicted molar refractivity (Wildman–Crippen MR) is 86.1 cm³/mol. The molecule has 0 saturated heterocycles. The Morgan fingerprint density at radius 1 is 1.32 bits per heavy atom. The van der Waals surface area contributed by atoms with Crippen LogP contribution in [0.2, 0.25) is 0 Å². The maximum atomic E-state index is 12.5. The van der Waals surface area contributed by atoms with Gasteiger partial charge in [0.2, 0.25) is 4.96 Å². The molecule has 0 atom stereocenters. The molecule has 0 spiro atoms. The van der Waals surface area contributed by atoms with Crippen molar-refractivity contribution in [1.82, 2.24) is 19.8 Å². The molecule has 2 heterocycles. The fourth-order valence-electron chi connectivity index (χ4n) is 2.18. The van der Waals surface area contributed by atoms with Crippen LogP contribution in [0.4, 0.5) is 5.69 Å². The fourth-order valence-corrected chi connectivity index (χ4v) is 3.02. The Labute approximate surface area is 130 Å². The minimum atomic E-state index is -0.260. The highest BCUT2D eigenvalue weighted by atomic mass is 32.1.